The average molecular weight is 315 g/mol. The molecule has 0 amide bonds. The highest BCUT2D eigenvalue weighted by Crippen LogP contribution is 2.20. The number of imidazole rings is 1. The first kappa shape index (κ1) is 12.6. The quantitative estimate of drug-likeness (QED) is 0.860. The van der Waals surface area contributed by atoms with E-state index in [-0.39, 0.29) is 0 Å². The molecule has 0 spiro atoms. The smallest absolute Gasteiger partial charge is 0.0946 e. The number of aromatic nitrogens is 2. The molecule has 0 aliphatic heterocycles. The summed E-state index contributed by atoms with van der Waals surface area (Å²) in [7, 11) is 0. The molecule has 0 saturated heterocycles. The van der Waals surface area contributed by atoms with Crippen LogP contribution in [0.25, 0.3) is 0 Å². The van der Waals surface area contributed by atoms with Crippen molar-refractivity contribution < 1.29 is 0 Å². The number of halogens is 2. The Labute approximate surface area is 114 Å². The van der Waals surface area contributed by atoms with Crippen molar-refractivity contribution in [3.05, 3.63) is 52.0 Å². The molecule has 0 atom stereocenters. The first-order chi connectivity index (χ1) is 8.25. The lowest BCUT2D eigenvalue weighted by atomic mass is 10.2. The predicted octanol–water partition coefficient (Wildman–Crippen LogP) is 3.09. The highest BCUT2D eigenvalue weighted by Gasteiger charge is 2.00. The molecule has 5 heteroatoms. The lowest BCUT2D eigenvalue weighted by molar-refractivity contribution is 0.597. The number of nitrogens with one attached hydrogen (secondary N) is 1. The molecule has 0 radical (unpaired) electrons. The van der Waals surface area contributed by atoms with Gasteiger partial charge in [-0.3, -0.25) is 0 Å². The molecule has 2 aromatic rings. The van der Waals surface area contributed by atoms with Gasteiger partial charge in [-0.05, 0) is 23.8 Å². The fraction of sp³-hybridized carbons (Fsp3) is 0.250. The first-order valence-corrected chi connectivity index (χ1v) is 6.53. The summed E-state index contributed by atoms with van der Waals surface area (Å²) in [6, 6.07) is 5.88. The molecule has 90 valence electrons. The van der Waals surface area contributed by atoms with Gasteiger partial charge in [0.25, 0.3) is 0 Å². The Hall–Kier alpha value is -0.840. The number of rotatable bonds is 5. The maximum atomic E-state index is 6.10. The second-order valence-electron chi connectivity index (χ2n) is 3.71. The van der Waals surface area contributed by atoms with Crippen LogP contribution in [0.4, 0.5) is 0 Å². The van der Waals surface area contributed by atoms with Crippen molar-refractivity contribution in [1.82, 2.24) is 14.9 Å². The lowest BCUT2D eigenvalue weighted by Gasteiger charge is -2.07. The molecule has 0 bridgehead atoms. The third kappa shape index (κ3) is 3.84. The number of benzene rings is 1. The molecule has 0 saturated carbocycles. The van der Waals surface area contributed by atoms with Crippen LogP contribution < -0.4 is 5.32 Å². The van der Waals surface area contributed by atoms with Gasteiger partial charge < -0.3 is 9.88 Å². The molecule has 2 rings (SSSR count). The van der Waals surface area contributed by atoms with E-state index in [0.29, 0.717) is 0 Å². The van der Waals surface area contributed by atoms with Gasteiger partial charge in [0.2, 0.25) is 0 Å². The summed E-state index contributed by atoms with van der Waals surface area (Å²) in [5, 5.41) is 4.15. The first-order valence-electron chi connectivity index (χ1n) is 5.36. The van der Waals surface area contributed by atoms with E-state index in [0.717, 1.165) is 34.7 Å². The van der Waals surface area contributed by atoms with E-state index >= 15 is 0 Å². The summed E-state index contributed by atoms with van der Waals surface area (Å²) in [5.74, 6) is 0. The Balaban J connectivity index is 1.80. The van der Waals surface area contributed by atoms with Crippen molar-refractivity contribution >= 4 is 27.5 Å². The van der Waals surface area contributed by atoms with Gasteiger partial charge >= 0.3 is 0 Å². The second-order valence-corrected chi connectivity index (χ2v) is 5.04. The van der Waals surface area contributed by atoms with Crippen molar-refractivity contribution in [2.75, 3.05) is 6.54 Å². The molecule has 0 unspecified atom stereocenters. The largest absolute Gasteiger partial charge is 0.336 e. The third-order valence-electron chi connectivity index (χ3n) is 2.43. The Morgan fingerprint density at radius 3 is 3.06 bits per heavy atom. The highest BCUT2D eigenvalue weighted by molar-refractivity contribution is 9.10. The molecule has 0 aliphatic rings. The standard InChI is InChI=1S/C12H13BrClN3/c13-11-1-2-12(14)10(7-11)8-15-3-5-17-6-4-16-9-17/h1-2,4,6-7,9,15H,3,5,8H2. The monoisotopic (exact) mass is 313 g/mol. The van der Waals surface area contributed by atoms with E-state index in [1.807, 2.05) is 35.3 Å². The minimum atomic E-state index is 0.771. The molecule has 3 nitrogen and oxygen atoms in total. The highest BCUT2D eigenvalue weighted by atomic mass is 79.9. The Kier molecular flexibility index (Phi) is 4.59. The summed E-state index contributed by atoms with van der Waals surface area (Å²) in [6.07, 6.45) is 5.55. The number of nitrogens with zero attached hydrogens (tertiary/aromatic N) is 2. The van der Waals surface area contributed by atoms with Crippen LogP contribution in [0, 0.1) is 0 Å². The number of hydrogen-bond acceptors (Lipinski definition) is 2. The van der Waals surface area contributed by atoms with E-state index in [4.69, 9.17) is 11.6 Å². The molecule has 1 heterocycles. The van der Waals surface area contributed by atoms with Crippen LogP contribution >= 0.6 is 27.5 Å². The Morgan fingerprint density at radius 1 is 1.41 bits per heavy atom. The van der Waals surface area contributed by atoms with Gasteiger partial charge in [-0.1, -0.05) is 27.5 Å². The summed E-state index contributed by atoms with van der Waals surface area (Å²) in [4.78, 5) is 3.99. The summed E-state index contributed by atoms with van der Waals surface area (Å²) in [5.41, 5.74) is 1.10. The van der Waals surface area contributed by atoms with E-state index in [1.54, 1.807) is 6.20 Å². The van der Waals surface area contributed by atoms with Crippen molar-refractivity contribution in [3.8, 4) is 0 Å². The lowest BCUT2D eigenvalue weighted by Crippen LogP contribution is -2.19. The van der Waals surface area contributed by atoms with Crippen molar-refractivity contribution in [2.45, 2.75) is 13.1 Å². The van der Waals surface area contributed by atoms with Gasteiger partial charge in [-0.25, -0.2) is 4.98 Å². The maximum absolute atomic E-state index is 6.10. The predicted molar refractivity (Wildman–Crippen MR) is 73.1 cm³/mol. The zero-order valence-corrected chi connectivity index (χ0v) is 11.6. The van der Waals surface area contributed by atoms with Gasteiger partial charge in [0.1, 0.15) is 0 Å². The van der Waals surface area contributed by atoms with Crippen molar-refractivity contribution in [3.63, 3.8) is 0 Å². The summed E-state index contributed by atoms with van der Waals surface area (Å²) < 4.78 is 3.09. The Morgan fingerprint density at radius 2 is 2.29 bits per heavy atom. The van der Waals surface area contributed by atoms with Crippen LogP contribution in [0.3, 0.4) is 0 Å². The van der Waals surface area contributed by atoms with Crippen LogP contribution in [0.2, 0.25) is 5.02 Å². The molecule has 17 heavy (non-hydrogen) atoms. The van der Waals surface area contributed by atoms with Gasteiger partial charge in [-0.15, -0.1) is 0 Å². The van der Waals surface area contributed by atoms with E-state index in [9.17, 15) is 0 Å². The molecule has 1 aromatic heterocycles. The fourth-order valence-corrected chi connectivity index (χ4v) is 2.12. The molecule has 0 fully saturated rings. The third-order valence-corrected chi connectivity index (χ3v) is 3.29. The van der Waals surface area contributed by atoms with Gasteiger partial charge in [0, 0.05) is 41.5 Å². The second kappa shape index (κ2) is 6.19. The topological polar surface area (TPSA) is 29.9 Å². The fourth-order valence-electron chi connectivity index (χ4n) is 1.53. The summed E-state index contributed by atoms with van der Waals surface area (Å²) in [6.45, 7) is 2.57. The summed E-state index contributed by atoms with van der Waals surface area (Å²) >= 11 is 9.54. The van der Waals surface area contributed by atoms with Gasteiger partial charge in [-0.2, -0.15) is 0 Å². The molecular formula is C12H13BrClN3. The molecular weight excluding hydrogens is 302 g/mol. The van der Waals surface area contributed by atoms with Crippen LogP contribution in [0.1, 0.15) is 5.56 Å². The van der Waals surface area contributed by atoms with Crippen molar-refractivity contribution in [2.24, 2.45) is 0 Å². The van der Waals surface area contributed by atoms with Gasteiger partial charge in [0.15, 0.2) is 0 Å². The Bertz CT molecular complexity index is 471. The minimum absolute atomic E-state index is 0.771. The molecule has 1 N–H and O–H groups in total. The van der Waals surface area contributed by atoms with Crippen LogP contribution in [0.15, 0.2) is 41.4 Å². The van der Waals surface area contributed by atoms with Crippen LogP contribution in [-0.2, 0) is 13.1 Å². The van der Waals surface area contributed by atoms with Crippen LogP contribution in [-0.4, -0.2) is 16.1 Å². The van der Waals surface area contributed by atoms with E-state index in [1.165, 1.54) is 0 Å². The maximum Gasteiger partial charge on any atom is 0.0946 e. The SMILES string of the molecule is Clc1ccc(Br)cc1CNCCn1ccnc1. The zero-order valence-electron chi connectivity index (χ0n) is 9.24. The average Bonchev–Trinajstić information content (AvgIpc) is 2.82. The van der Waals surface area contributed by atoms with E-state index < -0.39 is 0 Å². The van der Waals surface area contributed by atoms with E-state index in [2.05, 4.69) is 26.2 Å². The van der Waals surface area contributed by atoms with Crippen LogP contribution in [0.5, 0.6) is 0 Å². The molecule has 0 aliphatic carbocycles. The molecule has 1 aromatic carbocycles. The minimum Gasteiger partial charge on any atom is -0.336 e. The van der Waals surface area contributed by atoms with Gasteiger partial charge in [0.05, 0.1) is 6.33 Å². The number of hydrogen-bond donors (Lipinski definition) is 1. The van der Waals surface area contributed by atoms with Crippen molar-refractivity contribution in [1.29, 1.82) is 0 Å². The zero-order chi connectivity index (χ0) is 12.1. The normalized spacial score (nSPS) is 10.7.